The predicted molar refractivity (Wildman–Crippen MR) is 109 cm³/mol. The number of hydrogen-bond donors (Lipinski definition) is 1. The molecule has 0 bridgehead atoms. The van der Waals surface area contributed by atoms with E-state index in [-0.39, 0.29) is 24.0 Å². The van der Waals surface area contributed by atoms with Gasteiger partial charge in [-0.15, -0.1) is 0 Å². The van der Waals surface area contributed by atoms with E-state index in [4.69, 9.17) is 4.42 Å². The van der Waals surface area contributed by atoms with Crippen LogP contribution in [0, 0.1) is 5.82 Å². The molecule has 0 saturated heterocycles. The molecule has 1 N–H and O–H groups in total. The van der Waals surface area contributed by atoms with Gasteiger partial charge >= 0.3 is 0 Å². The molecular formula is C22H19FN4O2. The molecule has 4 rings (SSSR count). The average Bonchev–Trinajstić information content (AvgIpc) is 3.28. The van der Waals surface area contributed by atoms with Gasteiger partial charge in [0.15, 0.2) is 5.76 Å². The summed E-state index contributed by atoms with van der Waals surface area (Å²) in [6, 6.07) is 13.9. The fourth-order valence-electron chi connectivity index (χ4n) is 3.23. The van der Waals surface area contributed by atoms with Gasteiger partial charge in [-0.3, -0.25) is 4.79 Å². The van der Waals surface area contributed by atoms with E-state index in [9.17, 15) is 9.18 Å². The van der Waals surface area contributed by atoms with Gasteiger partial charge in [0.25, 0.3) is 5.91 Å². The van der Waals surface area contributed by atoms with Crippen LogP contribution in [0.25, 0.3) is 22.0 Å². The second kappa shape index (κ2) is 7.71. The summed E-state index contributed by atoms with van der Waals surface area (Å²) in [7, 11) is 3.42. The molecule has 0 aliphatic heterocycles. The highest BCUT2D eigenvalue weighted by atomic mass is 19.1. The molecule has 6 nitrogen and oxygen atoms in total. The second-order valence-electron chi connectivity index (χ2n) is 6.65. The fourth-order valence-corrected chi connectivity index (χ4v) is 3.23. The maximum absolute atomic E-state index is 14.4. The van der Waals surface area contributed by atoms with Gasteiger partial charge in [-0.25, -0.2) is 14.4 Å². The molecule has 0 radical (unpaired) electrons. The van der Waals surface area contributed by atoms with Crippen LogP contribution in [0.4, 0.5) is 10.2 Å². The van der Waals surface area contributed by atoms with E-state index in [0.717, 1.165) is 27.8 Å². The van der Waals surface area contributed by atoms with E-state index in [1.165, 1.54) is 23.6 Å². The smallest absolute Gasteiger partial charge is 0.289 e. The number of nitrogens with zero attached hydrogens (tertiary/aromatic N) is 3. The number of amides is 1. The molecule has 0 atom stereocenters. The van der Waals surface area contributed by atoms with Crippen molar-refractivity contribution in [3.8, 4) is 11.1 Å². The Balaban J connectivity index is 1.66. The lowest BCUT2D eigenvalue weighted by molar-refractivity contribution is 0.0752. The molecule has 0 spiro atoms. The van der Waals surface area contributed by atoms with E-state index >= 15 is 0 Å². The Morgan fingerprint density at radius 2 is 1.93 bits per heavy atom. The molecule has 146 valence electrons. The number of carbonyl (C=O) groups is 1. The molecular weight excluding hydrogens is 371 g/mol. The topological polar surface area (TPSA) is 71.3 Å². The lowest BCUT2D eigenvalue weighted by Crippen LogP contribution is -2.26. The van der Waals surface area contributed by atoms with E-state index in [2.05, 4.69) is 15.3 Å². The number of nitrogens with one attached hydrogen (secondary N) is 1. The SMILES string of the molecule is CNc1ncnc2ccc(-c3ccc(F)c(CN(C)C(=O)c4ccco4)c3)cc12. The molecule has 2 heterocycles. The van der Waals surface area contributed by atoms with Crippen LogP contribution in [0.5, 0.6) is 0 Å². The highest BCUT2D eigenvalue weighted by Gasteiger charge is 2.17. The summed E-state index contributed by atoms with van der Waals surface area (Å²) < 4.78 is 19.6. The number of fused-ring (bicyclic) bond motifs is 1. The van der Waals surface area contributed by atoms with Gasteiger partial charge in [-0.2, -0.15) is 0 Å². The minimum Gasteiger partial charge on any atom is -0.459 e. The van der Waals surface area contributed by atoms with Crippen molar-refractivity contribution >= 4 is 22.6 Å². The summed E-state index contributed by atoms with van der Waals surface area (Å²) in [5.41, 5.74) is 2.99. The molecule has 2 aromatic heterocycles. The van der Waals surface area contributed by atoms with Crippen molar-refractivity contribution in [2.45, 2.75) is 6.54 Å². The monoisotopic (exact) mass is 390 g/mol. The number of aromatic nitrogens is 2. The standard InChI is InChI=1S/C22H19FN4O2/c1-24-21-17-11-15(6-8-19(17)25-13-26-21)14-5-7-18(23)16(10-14)12-27(2)22(28)20-4-3-9-29-20/h3-11,13H,12H2,1-2H3,(H,24,25,26). The summed E-state index contributed by atoms with van der Waals surface area (Å²) in [5.74, 6) is 0.273. The van der Waals surface area contributed by atoms with Crippen molar-refractivity contribution in [3.05, 3.63) is 78.3 Å². The molecule has 0 saturated carbocycles. The normalized spacial score (nSPS) is 10.9. The molecule has 7 heteroatoms. The summed E-state index contributed by atoms with van der Waals surface area (Å²) in [5, 5.41) is 3.94. The number of rotatable bonds is 5. The maximum atomic E-state index is 14.4. The van der Waals surface area contributed by atoms with E-state index in [0.29, 0.717) is 5.56 Å². The highest BCUT2D eigenvalue weighted by molar-refractivity contribution is 5.92. The zero-order valence-corrected chi connectivity index (χ0v) is 16.0. The van der Waals surface area contributed by atoms with Crippen LogP contribution in [0.15, 0.2) is 65.5 Å². The van der Waals surface area contributed by atoms with Crippen LogP contribution in [-0.4, -0.2) is 34.9 Å². The zero-order chi connectivity index (χ0) is 20.4. The molecule has 0 unspecified atom stereocenters. The van der Waals surface area contributed by atoms with Gasteiger partial charge in [-0.05, 0) is 47.5 Å². The minimum atomic E-state index is -0.368. The molecule has 4 aromatic rings. The molecule has 29 heavy (non-hydrogen) atoms. The highest BCUT2D eigenvalue weighted by Crippen LogP contribution is 2.28. The Labute approximate surface area is 167 Å². The predicted octanol–water partition coefficient (Wildman–Crippen LogP) is 4.34. The average molecular weight is 390 g/mol. The second-order valence-corrected chi connectivity index (χ2v) is 6.65. The van der Waals surface area contributed by atoms with Crippen LogP contribution in [0.3, 0.4) is 0 Å². The molecule has 2 aromatic carbocycles. The molecule has 0 fully saturated rings. The van der Waals surface area contributed by atoms with Gasteiger partial charge in [0.1, 0.15) is 18.0 Å². The number of hydrogen-bond acceptors (Lipinski definition) is 5. The molecule has 0 aliphatic rings. The van der Waals surface area contributed by atoms with Gasteiger partial charge < -0.3 is 14.6 Å². The lowest BCUT2D eigenvalue weighted by atomic mass is 10.0. The summed E-state index contributed by atoms with van der Waals surface area (Å²) in [4.78, 5) is 22.3. The van der Waals surface area contributed by atoms with Gasteiger partial charge in [0, 0.05) is 31.6 Å². The van der Waals surface area contributed by atoms with Crippen molar-refractivity contribution < 1.29 is 13.6 Å². The van der Waals surface area contributed by atoms with Gasteiger partial charge in [0.2, 0.25) is 0 Å². The number of benzene rings is 2. The first kappa shape index (κ1) is 18.6. The van der Waals surface area contributed by atoms with E-state index < -0.39 is 0 Å². The first-order valence-electron chi connectivity index (χ1n) is 9.07. The number of anilines is 1. The number of halogens is 1. The van der Waals surface area contributed by atoms with E-state index in [1.807, 2.05) is 18.2 Å². The molecule has 1 amide bonds. The van der Waals surface area contributed by atoms with Gasteiger partial charge in [-0.1, -0.05) is 12.1 Å². The Kier molecular flexibility index (Phi) is 4.95. The Morgan fingerprint density at radius 1 is 1.14 bits per heavy atom. The Hall–Kier alpha value is -3.74. The van der Waals surface area contributed by atoms with Crippen LogP contribution in [-0.2, 0) is 6.54 Å². The van der Waals surface area contributed by atoms with Crippen LogP contribution in [0.2, 0.25) is 0 Å². The van der Waals surface area contributed by atoms with Crippen molar-refractivity contribution in [2.75, 3.05) is 19.4 Å². The van der Waals surface area contributed by atoms with Crippen molar-refractivity contribution in [3.63, 3.8) is 0 Å². The third kappa shape index (κ3) is 3.67. The summed E-state index contributed by atoms with van der Waals surface area (Å²) in [6.45, 7) is 0.123. The fraction of sp³-hybridized carbons (Fsp3) is 0.136. The first-order valence-corrected chi connectivity index (χ1v) is 9.07. The van der Waals surface area contributed by atoms with Gasteiger partial charge in [0.05, 0.1) is 11.8 Å². The van der Waals surface area contributed by atoms with Crippen LogP contribution < -0.4 is 5.32 Å². The summed E-state index contributed by atoms with van der Waals surface area (Å²) >= 11 is 0. The lowest BCUT2D eigenvalue weighted by Gasteiger charge is -2.17. The van der Waals surface area contributed by atoms with Crippen molar-refractivity contribution in [1.82, 2.24) is 14.9 Å². The third-order valence-electron chi connectivity index (χ3n) is 4.74. The minimum absolute atomic E-state index is 0.123. The van der Waals surface area contributed by atoms with Crippen molar-refractivity contribution in [2.24, 2.45) is 0 Å². The maximum Gasteiger partial charge on any atom is 0.289 e. The number of carbonyl (C=O) groups excluding carboxylic acids is 1. The van der Waals surface area contributed by atoms with Crippen LogP contribution >= 0.6 is 0 Å². The van der Waals surface area contributed by atoms with Crippen molar-refractivity contribution in [1.29, 1.82) is 0 Å². The largest absolute Gasteiger partial charge is 0.459 e. The Bertz CT molecular complexity index is 1170. The Morgan fingerprint density at radius 3 is 2.69 bits per heavy atom. The molecule has 0 aliphatic carbocycles. The van der Waals surface area contributed by atoms with E-state index in [1.54, 1.807) is 38.4 Å². The first-order chi connectivity index (χ1) is 14.1. The summed E-state index contributed by atoms with van der Waals surface area (Å²) in [6.07, 6.45) is 2.95. The third-order valence-corrected chi connectivity index (χ3v) is 4.74. The zero-order valence-electron chi connectivity index (χ0n) is 16.0. The number of furan rings is 1. The quantitative estimate of drug-likeness (QED) is 0.549. The van der Waals surface area contributed by atoms with Crippen LogP contribution in [0.1, 0.15) is 16.1 Å².